The van der Waals surface area contributed by atoms with E-state index in [1.165, 1.54) is 86.9 Å². The maximum Gasteiger partial charge on any atom is 0.233 e. The van der Waals surface area contributed by atoms with Crippen molar-refractivity contribution < 1.29 is 38.8 Å². The van der Waals surface area contributed by atoms with E-state index < -0.39 is 20.0 Å². The number of sulfonamides is 2. The minimum Gasteiger partial charge on any atom is -0.467 e. The van der Waals surface area contributed by atoms with E-state index >= 15 is 0 Å². The van der Waals surface area contributed by atoms with Crippen LogP contribution >= 0.6 is 22.6 Å². The van der Waals surface area contributed by atoms with E-state index in [9.17, 15) is 34.4 Å². The first kappa shape index (κ1) is 80.4. The summed E-state index contributed by atoms with van der Waals surface area (Å²) in [6, 6.07) is 44.4. The molecule has 0 unspecified atom stereocenters. The van der Waals surface area contributed by atoms with Crippen LogP contribution in [0.25, 0.3) is 129 Å². The van der Waals surface area contributed by atoms with E-state index in [0.717, 1.165) is 207 Å². The molecule has 0 atom stereocenters. The molecule has 0 aliphatic heterocycles. The zero-order chi connectivity index (χ0) is 82.6. The van der Waals surface area contributed by atoms with Crippen molar-refractivity contribution in [3.05, 3.63) is 282 Å². The summed E-state index contributed by atoms with van der Waals surface area (Å²) in [5.74, 6) is -0.245. The SMILES string of the molecule is C=CS(=O)(=O)NC1CCC(n2cnc(-c3ccc(F)cc3)c2-c2ccnc3c2C=CC3)CC1.CS(=O)(=O)NC1CCC(n2cnc(-c3ccc(F)cc3)c2-c2ccnc3[nH]ccc23)CC1.Fc1ccc(-c2nc(I)n(C3CCCCC3)c2-c2ccnc3[nH]ccc23)cc1.Fc1ccc(-c2ncn(Cc3ccco3)c2-c2ccnc3[nH]ccc23)cc1. The molecule has 4 aliphatic rings. The molecule has 4 aromatic carbocycles. The molecule has 0 bridgehead atoms. The van der Waals surface area contributed by atoms with Gasteiger partial charge in [-0.25, -0.2) is 78.7 Å². The zero-order valence-electron chi connectivity index (χ0n) is 65.3. The van der Waals surface area contributed by atoms with Crippen LogP contribution in [0.5, 0.6) is 0 Å². The molecule has 120 heavy (non-hydrogen) atoms. The molecular formula is C91H84F4IN17O5S2. The largest absolute Gasteiger partial charge is 0.467 e. The molecule has 0 saturated heterocycles. The third kappa shape index (κ3) is 17.4. The van der Waals surface area contributed by atoms with E-state index in [0.29, 0.717) is 12.6 Å². The second kappa shape index (κ2) is 35.1. The third-order valence-electron chi connectivity index (χ3n) is 22.8. The fraction of sp³-hybridized carbons (Fsp3) is 0.231. The first-order valence-corrected chi connectivity index (χ1v) is 44.4. The molecule has 5 N–H and O–H groups in total. The van der Waals surface area contributed by atoms with E-state index in [2.05, 4.69) is 116 Å². The third-order valence-corrected chi connectivity index (χ3v) is 25.4. The van der Waals surface area contributed by atoms with Crippen LogP contribution in [0.2, 0.25) is 0 Å². The summed E-state index contributed by atoms with van der Waals surface area (Å²) >= 11 is 2.35. The Morgan fingerprint density at radius 3 is 1.39 bits per heavy atom. The predicted octanol–water partition coefficient (Wildman–Crippen LogP) is 20.3. The van der Waals surface area contributed by atoms with Crippen LogP contribution in [0, 0.1) is 27.1 Å². The first-order chi connectivity index (χ1) is 58.3. The van der Waals surface area contributed by atoms with Crippen LogP contribution in [0.3, 0.4) is 0 Å². The number of nitrogens with one attached hydrogen (secondary N) is 5. The molecule has 0 spiro atoms. The number of hydrogen-bond acceptors (Lipinski definition) is 13. The summed E-state index contributed by atoms with van der Waals surface area (Å²) in [6.07, 6.45) is 38.7. The van der Waals surface area contributed by atoms with Gasteiger partial charge in [0.15, 0.2) is 3.83 Å². The molecule has 0 radical (unpaired) electrons. The van der Waals surface area contributed by atoms with E-state index in [-0.39, 0.29) is 47.4 Å². The lowest BCUT2D eigenvalue weighted by Crippen LogP contribution is -2.37. The Morgan fingerprint density at radius 2 is 0.917 bits per heavy atom. The highest BCUT2D eigenvalue weighted by molar-refractivity contribution is 14.1. The number of aromatic nitrogens is 15. The van der Waals surface area contributed by atoms with E-state index in [1.807, 2.05) is 103 Å². The molecule has 12 aromatic heterocycles. The van der Waals surface area contributed by atoms with Crippen molar-refractivity contribution in [2.45, 2.75) is 127 Å². The number of benzene rings is 4. The fourth-order valence-corrected chi connectivity index (χ4v) is 19.7. The van der Waals surface area contributed by atoms with Gasteiger partial charge in [0.2, 0.25) is 20.0 Å². The Labute approximate surface area is 703 Å². The summed E-state index contributed by atoms with van der Waals surface area (Å²) in [5, 5.41) is 4.03. The van der Waals surface area contributed by atoms with Gasteiger partial charge in [-0.2, -0.15) is 0 Å². The number of imidazole rings is 4. The highest BCUT2D eigenvalue weighted by Crippen LogP contribution is 2.46. The highest BCUT2D eigenvalue weighted by atomic mass is 127. The van der Waals surface area contributed by atoms with Gasteiger partial charge in [0, 0.05) is 152 Å². The Hall–Kier alpha value is -12.0. The zero-order valence-corrected chi connectivity index (χ0v) is 69.1. The number of allylic oxidation sites excluding steroid dienone is 1. The molecule has 12 heterocycles. The molecule has 4 aliphatic carbocycles. The van der Waals surface area contributed by atoms with Crippen molar-refractivity contribution >= 4 is 81.8 Å². The molecule has 16 aromatic rings. The Bertz CT molecular complexity index is 6590. The Morgan fingerprint density at radius 1 is 0.483 bits per heavy atom. The van der Waals surface area contributed by atoms with Gasteiger partial charge in [-0.05, 0) is 238 Å². The Balaban J connectivity index is 0.000000115. The number of nitrogens with zero attached hydrogens (tertiary/aromatic N) is 12. The smallest absolute Gasteiger partial charge is 0.233 e. The number of rotatable bonds is 18. The number of aromatic amines is 3. The van der Waals surface area contributed by atoms with Crippen LogP contribution in [-0.4, -0.2) is 108 Å². The standard InChI is InChI=1S/C25H25FN4O2S.C23H24FN5O2S.C22H20FIN4.C21H15FN4O/c1-2-33(31,32)29-19-10-12-20(13-11-19)30-16-28-24(17-6-8-18(26)9-7-17)25(30)22-14-15-27-23-5-3-4-21(22)23;1-32(30,31)28-17-6-8-18(9-7-17)29-14-27-21(15-2-4-16(24)5-3-15)22(29)19-10-12-25-23-20(19)11-13-26-23;23-15-8-6-14(7-9-15)19-20(17-10-12-25-21-18(17)11-13-26-21)28(22(24)27-19)16-4-2-1-3-5-16;22-15-5-3-14(4-6-15)19-20(17-7-9-23-21-18(17)8-10-24-21)26(13-25-19)12-16-2-1-11-27-16/h2-4,6-9,14-16,19-20,29H,1,5,10-13H2;2-5,10-14,17-18,28H,6-9H2,1H3,(H,25,26);6-13,16H,1-5H2,(H,25,26);1-11,13H,12H2,(H,23,24). The van der Waals surface area contributed by atoms with Crippen LogP contribution in [0.1, 0.15) is 119 Å². The number of halogens is 5. The normalized spacial score (nSPS) is 16.8. The summed E-state index contributed by atoms with van der Waals surface area (Å²) in [4.78, 5) is 46.4. The lowest BCUT2D eigenvalue weighted by Gasteiger charge is -2.30. The van der Waals surface area contributed by atoms with Crippen LogP contribution in [-0.2, 0) is 33.0 Å². The predicted molar refractivity (Wildman–Crippen MR) is 467 cm³/mol. The summed E-state index contributed by atoms with van der Waals surface area (Å²) in [6.45, 7) is 3.92. The van der Waals surface area contributed by atoms with Crippen molar-refractivity contribution in [3.63, 3.8) is 0 Å². The summed E-state index contributed by atoms with van der Waals surface area (Å²) in [7, 11) is -6.67. The molecular weight excluding hydrogens is 1680 g/mol. The van der Waals surface area contributed by atoms with Crippen molar-refractivity contribution in [2.75, 3.05) is 6.26 Å². The topological polar surface area (TPSA) is 276 Å². The van der Waals surface area contributed by atoms with Gasteiger partial charge >= 0.3 is 0 Å². The molecule has 22 nitrogen and oxygen atoms in total. The number of fused-ring (bicyclic) bond motifs is 4. The number of furan rings is 1. The molecule has 3 fully saturated rings. The number of pyridine rings is 4. The maximum atomic E-state index is 13.6. The van der Waals surface area contributed by atoms with Gasteiger partial charge < -0.3 is 37.6 Å². The molecule has 0 amide bonds. The van der Waals surface area contributed by atoms with Crippen LogP contribution in [0.15, 0.2) is 243 Å². The Kier molecular flexibility index (Phi) is 23.5. The van der Waals surface area contributed by atoms with Crippen molar-refractivity contribution in [1.29, 1.82) is 0 Å². The average molecular weight is 1760 g/mol. The van der Waals surface area contributed by atoms with Crippen molar-refractivity contribution in [1.82, 2.24) is 82.5 Å². The fourth-order valence-electron chi connectivity index (χ4n) is 17.2. The molecule has 29 heteroatoms. The van der Waals surface area contributed by atoms with Crippen LogP contribution < -0.4 is 9.44 Å². The van der Waals surface area contributed by atoms with Gasteiger partial charge in [0.1, 0.15) is 46.0 Å². The second-order valence-electron chi connectivity index (χ2n) is 30.5. The summed E-state index contributed by atoms with van der Waals surface area (Å²) in [5.41, 5.74) is 19.5. The minimum atomic E-state index is -3.45. The van der Waals surface area contributed by atoms with Gasteiger partial charge in [0.05, 0.1) is 89.3 Å². The van der Waals surface area contributed by atoms with Crippen molar-refractivity contribution in [2.24, 2.45) is 0 Å². The quantitative estimate of drug-likeness (QED) is 0.0395. The first-order valence-electron chi connectivity index (χ1n) is 39.9. The molecule has 3 saturated carbocycles. The number of hydrogen-bond donors (Lipinski definition) is 5. The average Bonchev–Trinajstić information content (AvgIpc) is 1.63. The molecule has 610 valence electrons. The van der Waals surface area contributed by atoms with Gasteiger partial charge in [-0.3, -0.25) is 4.98 Å². The van der Waals surface area contributed by atoms with Crippen molar-refractivity contribution in [3.8, 4) is 90.1 Å². The maximum absolute atomic E-state index is 13.6. The van der Waals surface area contributed by atoms with Crippen LogP contribution in [0.4, 0.5) is 17.6 Å². The monoisotopic (exact) mass is 1760 g/mol. The van der Waals surface area contributed by atoms with Gasteiger partial charge in [0.25, 0.3) is 0 Å². The lowest BCUT2D eigenvalue weighted by atomic mass is 9.90. The van der Waals surface area contributed by atoms with Gasteiger partial charge in [-0.15, -0.1) is 0 Å². The highest BCUT2D eigenvalue weighted by Gasteiger charge is 2.33. The molecule has 20 rings (SSSR count). The lowest BCUT2D eigenvalue weighted by molar-refractivity contribution is 0.313. The summed E-state index contributed by atoms with van der Waals surface area (Å²) < 4.78 is 122. The van der Waals surface area contributed by atoms with E-state index in [4.69, 9.17) is 19.4 Å². The minimum absolute atomic E-state index is 0.0397. The van der Waals surface area contributed by atoms with E-state index in [1.54, 1.807) is 61.4 Å². The number of H-pyrrole nitrogens is 3. The second-order valence-corrected chi connectivity index (χ2v) is 34.9. The van der Waals surface area contributed by atoms with Gasteiger partial charge in [-0.1, -0.05) is 38.0 Å².